The second-order valence-corrected chi connectivity index (χ2v) is 10.4. The van der Waals surface area contributed by atoms with Crippen LogP contribution in [0.2, 0.25) is 0 Å². The molecule has 0 heterocycles. The fourth-order valence-corrected chi connectivity index (χ4v) is 6.50. The van der Waals surface area contributed by atoms with Gasteiger partial charge in [0, 0.05) is 5.39 Å². The van der Waals surface area contributed by atoms with Crippen molar-refractivity contribution in [1.29, 1.82) is 0 Å². The van der Waals surface area contributed by atoms with E-state index in [-0.39, 0.29) is 17.6 Å². The molecule has 0 saturated heterocycles. The molecule has 0 aromatic heterocycles. The van der Waals surface area contributed by atoms with Gasteiger partial charge in [-0.1, -0.05) is 63.3 Å². The lowest BCUT2D eigenvalue weighted by atomic mass is 9.63. The van der Waals surface area contributed by atoms with Gasteiger partial charge in [-0.3, -0.25) is 0 Å². The lowest BCUT2D eigenvalue weighted by Crippen LogP contribution is -2.30. The first-order valence-electron chi connectivity index (χ1n) is 13.1. The molecule has 0 spiro atoms. The van der Waals surface area contributed by atoms with E-state index in [1.54, 1.807) is 0 Å². The molecule has 0 nitrogen and oxygen atoms in total. The van der Waals surface area contributed by atoms with E-state index in [0.717, 1.165) is 48.0 Å². The second-order valence-electron chi connectivity index (χ2n) is 10.4. The van der Waals surface area contributed by atoms with Crippen molar-refractivity contribution in [3.63, 3.8) is 0 Å². The van der Waals surface area contributed by atoms with Crippen molar-refractivity contribution < 1.29 is 8.78 Å². The van der Waals surface area contributed by atoms with Crippen molar-refractivity contribution in [2.45, 2.75) is 96.8 Å². The highest BCUT2D eigenvalue weighted by Gasteiger charge is 2.36. The molecule has 0 N–H and O–H groups in total. The molecule has 0 radical (unpaired) electrons. The fraction of sp³-hybridized carbons (Fsp3) is 0.600. The summed E-state index contributed by atoms with van der Waals surface area (Å²) in [6.45, 7) is 4.25. The maximum atomic E-state index is 15.6. The summed E-state index contributed by atoms with van der Waals surface area (Å²) >= 11 is 0. The van der Waals surface area contributed by atoms with Gasteiger partial charge in [-0.2, -0.15) is 0 Å². The number of unbranched alkanes of at least 4 members (excludes halogenated alkanes) is 2. The molecule has 32 heavy (non-hydrogen) atoms. The number of rotatable bonds is 8. The largest absolute Gasteiger partial charge is 0.207 e. The van der Waals surface area contributed by atoms with E-state index in [1.807, 2.05) is 37.3 Å². The summed E-state index contributed by atoms with van der Waals surface area (Å²) in [5, 5.41) is 1.28. The third-order valence-electron chi connectivity index (χ3n) is 8.34. The lowest BCUT2D eigenvalue weighted by molar-refractivity contribution is 0.112. The maximum absolute atomic E-state index is 15.6. The van der Waals surface area contributed by atoms with Crippen LogP contribution >= 0.6 is 0 Å². The van der Waals surface area contributed by atoms with Gasteiger partial charge in [0.1, 0.15) is 11.6 Å². The molecule has 4 rings (SSSR count). The normalized spacial score (nSPS) is 26.0. The average molecular weight is 439 g/mol. The predicted octanol–water partition coefficient (Wildman–Crippen LogP) is 9.51. The van der Waals surface area contributed by atoms with Gasteiger partial charge in [-0.15, -0.1) is 0 Å². The molecule has 2 fully saturated rings. The minimum absolute atomic E-state index is 0.182. The van der Waals surface area contributed by atoms with Gasteiger partial charge in [0.2, 0.25) is 0 Å². The van der Waals surface area contributed by atoms with Crippen molar-refractivity contribution in [3.8, 4) is 0 Å². The Morgan fingerprint density at radius 2 is 1.78 bits per heavy atom. The number of hydrogen-bond acceptors (Lipinski definition) is 0. The van der Waals surface area contributed by atoms with Crippen molar-refractivity contribution in [2.24, 2.45) is 17.8 Å². The van der Waals surface area contributed by atoms with Gasteiger partial charge in [0.25, 0.3) is 0 Å². The summed E-state index contributed by atoms with van der Waals surface area (Å²) in [5.41, 5.74) is 1.50. The molecule has 2 saturated carbocycles. The van der Waals surface area contributed by atoms with Crippen LogP contribution in [0.15, 0.2) is 36.4 Å². The summed E-state index contributed by atoms with van der Waals surface area (Å²) < 4.78 is 30.2. The first-order valence-corrected chi connectivity index (χ1v) is 13.1. The highest BCUT2D eigenvalue weighted by molar-refractivity contribution is 5.85. The molecule has 2 aliphatic carbocycles. The predicted molar refractivity (Wildman–Crippen MR) is 132 cm³/mol. The minimum atomic E-state index is -0.275. The van der Waals surface area contributed by atoms with E-state index >= 15 is 4.39 Å². The van der Waals surface area contributed by atoms with Crippen molar-refractivity contribution in [2.75, 3.05) is 0 Å². The standard InChI is InChI=1S/C30H40F2/c1-3-5-7-9-21-11-12-23-18-24(14-13-22(23)17-21)27-16-15-25-19-26(10-8-6-4-2)29(31)20-28(25)30(27)32/h4,6,15-16,19-24H,3,5,7-14,17-18H2,1-2H3. The van der Waals surface area contributed by atoms with Crippen LogP contribution in [-0.2, 0) is 6.42 Å². The second kappa shape index (κ2) is 10.9. The number of aryl methyl sites for hydroxylation is 1. The third kappa shape index (κ3) is 5.26. The van der Waals surface area contributed by atoms with Gasteiger partial charge in [-0.05, 0) is 104 Å². The quantitative estimate of drug-likeness (QED) is 0.284. The van der Waals surface area contributed by atoms with Crippen LogP contribution in [0.25, 0.3) is 10.8 Å². The number of hydrogen-bond donors (Lipinski definition) is 0. The molecule has 2 aliphatic rings. The highest BCUT2D eigenvalue weighted by atomic mass is 19.1. The molecule has 0 amide bonds. The summed E-state index contributed by atoms with van der Waals surface area (Å²) in [6, 6.07) is 7.29. The smallest absolute Gasteiger partial charge is 0.134 e. The summed E-state index contributed by atoms with van der Waals surface area (Å²) in [6.07, 6.45) is 18.4. The zero-order valence-electron chi connectivity index (χ0n) is 20.0. The van der Waals surface area contributed by atoms with E-state index in [2.05, 4.69) is 6.92 Å². The molecule has 2 aromatic carbocycles. The summed E-state index contributed by atoms with van der Waals surface area (Å²) in [4.78, 5) is 0. The van der Waals surface area contributed by atoms with E-state index < -0.39 is 0 Å². The summed E-state index contributed by atoms with van der Waals surface area (Å²) in [5.74, 6) is 2.34. The van der Waals surface area contributed by atoms with Gasteiger partial charge >= 0.3 is 0 Å². The number of fused-ring (bicyclic) bond motifs is 2. The molecule has 2 aromatic rings. The molecule has 2 heteroatoms. The number of benzene rings is 2. The molecule has 4 atom stereocenters. The van der Waals surface area contributed by atoms with E-state index in [1.165, 1.54) is 57.4 Å². The van der Waals surface area contributed by atoms with Gasteiger partial charge in [0.05, 0.1) is 0 Å². The SMILES string of the molecule is CC=CCCc1cc2ccc(C3CCC4CC(CCCCC)CCC4C3)c(F)c2cc1F. The maximum Gasteiger partial charge on any atom is 0.134 e. The Morgan fingerprint density at radius 3 is 2.59 bits per heavy atom. The van der Waals surface area contributed by atoms with Crippen LogP contribution in [0.4, 0.5) is 8.78 Å². The van der Waals surface area contributed by atoms with E-state index in [9.17, 15) is 4.39 Å². The van der Waals surface area contributed by atoms with Crippen LogP contribution in [0.1, 0.15) is 102 Å². The Labute approximate surface area is 193 Å². The minimum Gasteiger partial charge on any atom is -0.207 e. The van der Waals surface area contributed by atoms with Crippen molar-refractivity contribution >= 4 is 10.8 Å². The van der Waals surface area contributed by atoms with Crippen LogP contribution in [0.3, 0.4) is 0 Å². The molecule has 4 unspecified atom stereocenters. The van der Waals surface area contributed by atoms with Gasteiger partial charge in [0.15, 0.2) is 0 Å². The van der Waals surface area contributed by atoms with Crippen LogP contribution in [-0.4, -0.2) is 0 Å². The Kier molecular flexibility index (Phi) is 8.02. The summed E-state index contributed by atoms with van der Waals surface area (Å²) in [7, 11) is 0. The van der Waals surface area contributed by atoms with Crippen molar-refractivity contribution in [1.82, 2.24) is 0 Å². The zero-order chi connectivity index (χ0) is 22.5. The van der Waals surface area contributed by atoms with E-state index in [0.29, 0.717) is 17.4 Å². The topological polar surface area (TPSA) is 0 Å². The Bertz CT molecular complexity index is 928. The number of allylic oxidation sites excluding steroid dienone is 2. The van der Waals surface area contributed by atoms with Crippen LogP contribution in [0, 0.1) is 29.4 Å². The zero-order valence-corrected chi connectivity index (χ0v) is 20.0. The average Bonchev–Trinajstić information content (AvgIpc) is 2.80. The first-order chi connectivity index (χ1) is 15.6. The van der Waals surface area contributed by atoms with Crippen LogP contribution in [0.5, 0.6) is 0 Å². The Hall–Kier alpha value is -1.70. The van der Waals surface area contributed by atoms with Gasteiger partial charge in [-0.25, -0.2) is 8.78 Å². The molecule has 0 aliphatic heterocycles. The third-order valence-corrected chi connectivity index (χ3v) is 8.34. The molecular formula is C30H40F2. The van der Waals surface area contributed by atoms with E-state index in [4.69, 9.17) is 0 Å². The van der Waals surface area contributed by atoms with Gasteiger partial charge < -0.3 is 0 Å². The van der Waals surface area contributed by atoms with Crippen molar-refractivity contribution in [3.05, 3.63) is 59.2 Å². The molecule has 0 bridgehead atoms. The Morgan fingerprint density at radius 1 is 0.969 bits per heavy atom. The fourth-order valence-electron chi connectivity index (χ4n) is 6.50. The van der Waals surface area contributed by atoms with Crippen LogP contribution < -0.4 is 0 Å². The lowest BCUT2D eigenvalue weighted by Gasteiger charge is -2.42. The first kappa shape index (κ1) is 23.5. The number of halogens is 2. The molecular weight excluding hydrogens is 398 g/mol. The Balaban J connectivity index is 1.45. The highest BCUT2D eigenvalue weighted by Crippen LogP contribution is 2.49. The molecule has 174 valence electrons. The monoisotopic (exact) mass is 438 g/mol.